The highest BCUT2D eigenvalue weighted by atomic mass is 32.2. The minimum atomic E-state index is -3.91. The van der Waals surface area contributed by atoms with Crippen LogP contribution in [0.1, 0.15) is 0 Å². The van der Waals surface area contributed by atoms with Crippen molar-refractivity contribution in [2.75, 3.05) is 13.3 Å². The summed E-state index contributed by atoms with van der Waals surface area (Å²) < 4.78 is 60.1. The predicted molar refractivity (Wildman–Crippen MR) is 55.8 cm³/mol. The van der Waals surface area contributed by atoms with Gasteiger partial charge in [-0.3, -0.25) is 0 Å². The molecule has 0 saturated carbocycles. The fourth-order valence-corrected chi connectivity index (χ4v) is 2.46. The van der Waals surface area contributed by atoms with E-state index in [0.717, 1.165) is 25.4 Å². The Hall–Kier alpha value is -0.990. The van der Waals surface area contributed by atoms with Crippen molar-refractivity contribution in [2.45, 2.75) is 9.79 Å². The Morgan fingerprint density at radius 3 is 2.12 bits per heavy atom. The molecule has 0 amide bonds. The minimum Gasteiger partial charge on any atom is -0.224 e. The number of hydrogen-bond donors (Lipinski definition) is 1. The first-order valence-corrected chi connectivity index (χ1v) is 7.49. The zero-order valence-electron chi connectivity index (χ0n) is 8.56. The Bertz CT molecular complexity index is 607. The molecule has 1 rings (SSSR count). The van der Waals surface area contributed by atoms with Gasteiger partial charge in [-0.25, -0.2) is 25.9 Å². The molecule has 90 valence electrons. The molecule has 5 nitrogen and oxygen atoms in total. The maximum atomic E-state index is 13.4. The molecule has 0 atom stereocenters. The van der Waals surface area contributed by atoms with Crippen molar-refractivity contribution >= 4 is 19.9 Å². The molecule has 0 fully saturated rings. The second-order valence-electron chi connectivity index (χ2n) is 3.07. The standard InChI is InChI=1S/C8H10FNO4S2/c1-10-16(13,14)8-4-3-6(5-7(8)9)15(2,11)12/h3-5,10H,1-2H3. The molecule has 0 unspecified atom stereocenters. The van der Waals surface area contributed by atoms with Crippen LogP contribution in [0.15, 0.2) is 28.0 Å². The Morgan fingerprint density at radius 1 is 1.19 bits per heavy atom. The lowest BCUT2D eigenvalue weighted by Crippen LogP contribution is -2.20. The van der Waals surface area contributed by atoms with Crippen LogP contribution in [0.3, 0.4) is 0 Å². The first kappa shape index (κ1) is 13.1. The topological polar surface area (TPSA) is 80.3 Å². The molecule has 8 heteroatoms. The van der Waals surface area contributed by atoms with Crippen LogP contribution in [0.25, 0.3) is 0 Å². The summed E-state index contributed by atoms with van der Waals surface area (Å²) in [6.07, 6.45) is 0.911. The zero-order valence-corrected chi connectivity index (χ0v) is 10.2. The molecule has 0 heterocycles. The monoisotopic (exact) mass is 267 g/mol. The van der Waals surface area contributed by atoms with Crippen molar-refractivity contribution in [3.05, 3.63) is 24.0 Å². The Balaban J connectivity index is 3.43. The predicted octanol–water partition coefficient (Wildman–Crippen LogP) is 0.137. The van der Waals surface area contributed by atoms with Gasteiger partial charge in [-0.2, -0.15) is 0 Å². The molecule has 1 aromatic carbocycles. The Labute approximate surface area is 93.3 Å². The van der Waals surface area contributed by atoms with E-state index < -0.39 is 30.6 Å². The summed E-state index contributed by atoms with van der Waals surface area (Å²) in [4.78, 5) is -0.845. The molecule has 0 aliphatic carbocycles. The number of sulfone groups is 1. The molecular weight excluding hydrogens is 257 g/mol. The second-order valence-corrected chi connectivity index (χ2v) is 6.94. The van der Waals surface area contributed by atoms with Gasteiger partial charge in [-0.05, 0) is 25.2 Å². The molecule has 0 bridgehead atoms. The molecular formula is C8H10FNO4S2. The summed E-state index contributed by atoms with van der Waals surface area (Å²) in [6.45, 7) is 0. The van der Waals surface area contributed by atoms with Crippen molar-refractivity contribution in [3.8, 4) is 0 Å². The average molecular weight is 267 g/mol. The van der Waals surface area contributed by atoms with Gasteiger partial charge in [-0.1, -0.05) is 0 Å². The van der Waals surface area contributed by atoms with Crippen LogP contribution < -0.4 is 4.72 Å². The third-order valence-corrected chi connectivity index (χ3v) is 4.45. The van der Waals surface area contributed by atoms with E-state index in [1.807, 2.05) is 4.72 Å². The van der Waals surface area contributed by atoms with Crippen LogP contribution >= 0.6 is 0 Å². The number of nitrogens with one attached hydrogen (secondary N) is 1. The SMILES string of the molecule is CNS(=O)(=O)c1ccc(S(C)(=O)=O)cc1F. The molecule has 0 aliphatic rings. The van der Waals surface area contributed by atoms with E-state index in [9.17, 15) is 21.2 Å². The highest BCUT2D eigenvalue weighted by Gasteiger charge is 2.19. The van der Waals surface area contributed by atoms with Gasteiger partial charge in [0, 0.05) is 6.26 Å². The highest BCUT2D eigenvalue weighted by Crippen LogP contribution is 2.18. The molecule has 0 spiro atoms. The Morgan fingerprint density at radius 2 is 1.75 bits per heavy atom. The van der Waals surface area contributed by atoms with Gasteiger partial charge in [0.25, 0.3) is 0 Å². The Kier molecular flexibility index (Phi) is 3.36. The van der Waals surface area contributed by atoms with Gasteiger partial charge in [0.2, 0.25) is 10.0 Å². The average Bonchev–Trinajstić information content (AvgIpc) is 2.16. The smallest absolute Gasteiger partial charge is 0.224 e. The highest BCUT2D eigenvalue weighted by molar-refractivity contribution is 7.90. The van der Waals surface area contributed by atoms with E-state index in [-0.39, 0.29) is 4.90 Å². The van der Waals surface area contributed by atoms with E-state index in [2.05, 4.69) is 0 Å². The number of hydrogen-bond acceptors (Lipinski definition) is 4. The van der Waals surface area contributed by atoms with E-state index in [0.29, 0.717) is 6.07 Å². The van der Waals surface area contributed by atoms with Crippen LogP contribution in [-0.2, 0) is 19.9 Å². The van der Waals surface area contributed by atoms with Crippen molar-refractivity contribution in [2.24, 2.45) is 0 Å². The summed E-state index contributed by atoms with van der Waals surface area (Å²) >= 11 is 0. The maximum absolute atomic E-state index is 13.4. The van der Waals surface area contributed by atoms with Gasteiger partial charge in [0.1, 0.15) is 10.7 Å². The van der Waals surface area contributed by atoms with Gasteiger partial charge in [-0.15, -0.1) is 0 Å². The third kappa shape index (κ3) is 2.57. The number of benzene rings is 1. The summed E-state index contributed by atoms with van der Waals surface area (Å²) in [5.74, 6) is -1.10. The van der Waals surface area contributed by atoms with E-state index in [1.54, 1.807) is 0 Å². The van der Waals surface area contributed by atoms with Gasteiger partial charge in [0.15, 0.2) is 9.84 Å². The largest absolute Gasteiger partial charge is 0.243 e. The normalized spacial score (nSPS) is 12.7. The summed E-state index contributed by atoms with van der Waals surface area (Å²) in [7, 11) is -6.32. The zero-order chi connectivity index (χ0) is 12.6. The lowest BCUT2D eigenvalue weighted by atomic mass is 10.3. The van der Waals surface area contributed by atoms with Crippen molar-refractivity contribution in [3.63, 3.8) is 0 Å². The molecule has 0 radical (unpaired) electrons. The van der Waals surface area contributed by atoms with Crippen molar-refractivity contribution < 1.29 is 21.2 Å². The molecule has 16 heavy (non-hydrogen) atoms. The fraction of sp³-hybridized carbons (Fsp3) is 0.250. The minimum absolute atomic E-state index is 0.264. The summed E-state index contributed by atoms with van der Waals surface area (Å²) in [6, 6.07) is 2.64. The fourth-order valence-electron chi connectivity index (χ4n) is 1.04. The van der Waals surface area contributed by atoms with Crippen LogP contribution in [0.4, 0.5) is 4.39 Å². The number of halogens is 1. The molecule has 0 aliphatic heterocycles. The third-order valence-electron chi connectivity index (χ3n) is 1.89. The van der Waals surface area contributed by atoms with Gasteiger partial charge < -0.3 is 0 Å². The first-order chi connectivity index (χ1) is 7.18. The quantitative estimate of drug-likeness (QED) is 0.844. The van der Waals surface area contributed by atoms with Crippen molar-refractivity contribution in [1.29, 1.82) is 0 Å². The lowest BCUT2D eigenvalue weighted by molar-refractivity contribution is 0.557. The van der Waals surface area contributed by atoms with E-state index >= 15 is 0 Å². The first-order valence-electron chi connectivity index (χ1n) is 4.11. The van der Waals surface area contributed by atoms with Crippen LogP contribution in [0, 0.1) is 5.82 Å². The molecule has 0 aromatic heterocycles. The molecule has 1 N–H and O–H groups in total. The molecule has 1 aromatic rings. The summed E-state index contributed by atoms with van der Waals surface area (Å²) in [5, 5.41) is 0. The maximum Gasteiger partial charge on any atom is 0.243 e. The van der Waals surface area contributed by atoms with Crippen LogP contribution in [-0.4, -0.2) is 30.1 Å². The number of rotatable bonds is 3. The number of sulfonamides is 1. The van der Waals surface area contributed by atoms with Crippen molar-refractivity contribution in [1.82, 2.24) is 4.72 Å². The summed E-state index contributed by atoms with van der Waals surface area (Å²) in [5.41, 5.74) is 0. The van der Waals surface area contributed by atoms with Crippen LogP contribution in [0.2, 0.25) is 0 Å². The molecule has 0 saturated heterocycles. The van der Waals surface area contributed by atoms with Crippen LogP contribution in [0.5, 0.6) is 0 Å². The van der Waals surface area contributed by atoms with E-state index in [1.165, 1.54) is 0 Å². The van der Waals surface area contributed by atoms with Gasteiger partial charge in [0.05, 0.1) is 4.90 Å². The lowest BCUT2D eigenvalue weighted by Gasteiger charge is -2.05. The van der Waals surface area contributed by atoms with Gasteiger partial charge >= 0.3 is 0 Å². The second kappa shape index (κ2) is 4.11. The van der Waals surface area contributed by atoms with E-state index in [4.69, 9.17) is 0 Å².